The van der Waals surface area contributed by atoms with Crippen LogP contribution in [0.15, 0.2) is 0 Å². The molecular weight excluding hydrogens is 664 g/mol. The van der Waals surface area contributed by atoms with Crippen LogP contribution in [0.5, 0.6) is 0 Å². The predicted octanol–water partition coefficient (Wildman–Crippen LogP) is -11.5. The van der Waals surface area contributed by atoms with Crippen LogP contribution in [0.4, 0.5) is 0 Å². The van der Waals surface area contributed by atoms with Gasteiger partial charge in [-0.25, -0.2) is 0 Å². The van der Waals surface area contributed by atoms with Gasteiger partial charge in [0.05, 0.1) is 32.3 Å². The molecule has 1 rings (SSSR count). The number of ether oxygens (including phenoxy) is 1. The number of carboxylic acids is 3. The molecule has 1 aliphatic rings. The summed E-state index contributed by atoms with van der Waals surface area (Å²) in [7, 11) is 1.49. The molecule has 0 saturated carbocycles. The summed E-state index contributed by atoms with van der Waals surface area (Å²) in [6, 6.07) is 0. The summed E-state index contributed by atoms with van der Waals surface area (Å²) < 4.78 is 4.97. The van der Waals surface area contributed by atoms with E-state index in [2.05, 4.69) is 0 Å². The van der Waals surface area contributed by atoms with Gasteiger partial charge in [0.2, 0.25) is 0 Å². The Morgan fingerprint density at radius 2 is 0.941 bits per heavy atom. The van der Waals surface area contributed by atoms with Gasteiger partial charge in [0, 0.05) is 106 Å². The second kappa shape index (κ2) is 23.7. The third-order valence-electron chi connectivity index (χ3n) is 4.83. The van der Waals surface area contributed by atoms with Gasteiger partial charge in [0.1, 0.15) is 0 Å². The Morgan fingerprint density at radius 3 is 1.18 bits per heavy atom. The number of rotatable bonds is 10. The Bertz CT molecular complexity index is 539. The minimum absolute atomic E-state index is 0. The maximum Gasteiger partial charge on any atom is 0.317 e. The Balaban J connectivity index is -0.00000112. The van der Waals surface area contributed by atoms with Crippen LogP contribution in [0.25, 0.3) is 0 Å². The van der Waals surface area contributed by atoms with Crippen LogP contribution in [0, 0.1) is 39.9 Å². The fourth-order valence-electron chi connectivity index (χ4n) is 3.35. The number of hydrogen-bond acceptors (Lipinski definition) is 9. The van der Waals surface area contributed by atoms with E-state index in [4.69, 9.17) is 9.84 Å². The smallest absolute Gasteiger partial charge is 0.317 e. The van der Waals surface area contributed by atoms with Crippen molar-refractivity contribution in [3.05, 3.63) is 0 Å². The Hall–Kier alpha value is 0.365. The predicted molar refractivity (Wildman–Crippen MR) is 107 cm³/mol. The van der Waals surface area contributed by atoms with Crippen LogP contribution >= 0.6 is 0 Å². The Morgan fingerprint density at radius 1 is 0.676 bits per heavy atom. The first-order chi connectivity index (χ1) is 14.2. The number of β-amino-alcohol motifs (C(OH)–C–C–N with tert-alkyl or cyclic N) is 1. The monoisotopic (exact) mass is 697 g/mol. The van der Waals surface area contributed by atoms with Crippen molar-refractivity contribution in [2.24, 2.45) is 0 Å². The van der Waals surface area contributed by atoms with Crippen molar-refractivity contribution >= 4 is 17.9 Å². The number of aliphatic hydroxyl groups excluding tert-OH is 1. The Kier molecular flexibility index (Phi) is 29.0. The van der Waals surface area contributed by atoms with Crippen molar-refractivity contribution in [3.8, 4) is 0 Å². The molecule has 1 heterocycles. The zero-order valence-electron chi connectivity index (χ0n) is 19.0. The molecule has 1 atom stereocenters. The van der Waals surface area contributed by atoms with Crippen molar-refractivity contribution in [2.45, 2.75) is 6.10 Å². The first-order valence-electron chi connectivity index (χ1n) is 9.91. The molecule has 1 saturated heterocycles. The minimum Gasteiger partial charge on any atom is -1.00 e. The minimum atomic E-state index is -0.991. The van der Waals surface area contributed by atoms with Gasteiger partial charge in [-0.3, -0.25) is 34.0 Å². The molecule has 34 heavy (non-hydrogen) atoms. The number of carbonyl (C=O) groups is 3. The molecule has 0 spiro atoms. The maximum absolute atomic E-state index is 11.2. The normalized spacial score (nSPS) is 17.8. The first-order valence-corrected chi connectivity index (χ1v) is 9.91. The second-order valence-corrected chi connectivity index (χ2v) is 7.42. The molecule has 16 heteroatoms. The van der Waals surface area contributed by atoms with Crippen molar-refractivity contribution < 1.29 is 117 Å². The summed E-state index contributed by atoms with van der Waals surface area (Å²) >= 11 is 0. The van der Waals surface area contributed by atoms with E-state index in [-0.39, 0.29) is 103 Å². The number of halogens is 3. The van der Waals surface area contributed by atoms with Crippen molar-refractivity contribution in [1.82, 2.24) is 19.6 Å². The molecule has 206 valence electrons. The van der Waals surface area contributed by atoms with Gasteiger partial charge in [-0.05, 0) is 0 Å². The molecule has 0 bridgehead atoms. The zero-order valence-corrected chi connectivity index (χ0v) is 23.5. The summed E-state index contributed by atoms with van der Waals surface area (Å²) in [6.45, 7) is 3.20. The molecule has 12 nitrogen and oxygen atoms in total. The summed E-state index contributed by atoms with van der Waals surface area (Å²) in [4.78, 5) is 40.7. The molecule has 0 amide bonds. The van der Waals surface area contributed by atoms with Crippen LogP contribution in [0.2, 0.25) is 0 Å². The van der Waals surface area contributed by atoms with Crippen molar-refractivity contribution in [3.63, 3.8) is 0 Å². The largest absolute Gasteiger partial charge is 1.00 e. The summed E-state index contributed by atoms with van der Waals surface area (Å²) in [5.41, 5.74) is 0. The molecule has 1 unspecified atom stereocenters. The van der Waals surface area contributed by atoms with E-state index in [9.17, 15) is 29.7 Å². The van der Waals surface area contributed by atoms with E-state index in [0.717, 1.165) is 0 Å². The van der Waals surface area contributed by atoms with Crippen LogP contribution < -0.4 is 37.2 Å². The van der Waals surface area contributed by atoms with Gasteiger partial charge in [0.15, 0.2) is 0 Å². The van der Waals surface area contributed by atoms with Gasteiger partial charge < -0.3 is 62.4 Å². The van der Waals surface area contributed by atoms with Crippen LogP contribution in [-0.4, -0.2) is 156 Å². The molecule has 0 aliphatic carbocycles. The van der Waals surface area contributed by atoms with Gasteiger partial charge in [-0.15, -0.1) is 0 Å². The summed E-state index contributed by atoms with van der Waals surface area (Å²) in [5, 5.41) is 37.6. The SMILES string of the molecule is COCC(O)CN1CCN(CC(=O)O)CCN(CC(=O)O)CCN(CC(=O)O)CC1.[Cl-].[Cl-].[Cl-].[Gd]. The fraction of sp³-hybridized carbons (Fsp3) is 0.833. The summed E-state index contributed by atoms with van der Waals surface area (Å²) in [6.07, 6.45) is -0.713. The third-order valence-corrected chi connectivity index (χ3v) is 4.83. The zero-order chi connectivity index (χ0) is 22.5. The Labute approximate surface area is 250 Å². The molecular formula is C18H34Cl3GdN4O8-3. The number of hydrogen-bond donors (Lipinski definition) is 4. The second-order valence-electron chi connectivity index (χ2n) is 7.42. The van der Waals surface area contributed by atoms with E-state index >= 15 is 0 Å². The number of nitrogens with zero attached hydrogens (tertiary/aromatic N) is 4. The number of aliphatic carboxylic acids is 3. The van der Waals surface area contributed by atoms with Crippen LogP contribution in [0.1, 0.15) is 0 Å². The number of methoxy groups -OCH3 is 1. The molecule has 4 N–H and O–H groups in total. The third kappa shape index (κ3) is 20.5. The standard InChI is InChI=1S/C18H34N4O8.3ClH.Gd/c1-30-14-15(23)10-19-2-4-20(11-16(24)25)6-8-22(13-18(28)29)9-7-21(5-3-19)12-17(26)27;;;;/h15,23H,2-14H2,1H3,(H,24,25)(H,26,27)(H,28,29);3*1H;/p-3. The summed E-state index contributed by atoms with van der Waals surface area (Å²) in [5.74, 6) is -2.93. The first kappa shape index (κ1) is 41.5. The average molecular weight is 698 g/mol. The van der Waals surface area contributed by atoms with E-state index in [0.29, 0.717) is 58.9 Å². The van der Waals surface area contributed by atoms with Crippen molar-refractivity contribution in [2.75, 3.05) is 92.3 Å². The van der Waals surface area contributed by atoms with Crippen molar-refractivity contribution in [1.29, 1.82) is 0 Å². The molecule has 1 fully saturated rings. The van der Waals surface area contributed by atoms with Crippen LogP contribution in [-0.2, 0) is 19.1 Å². The molecule has 0 aromatic heterocycles. The van der Waals surface area contributed by atoms with E-state index in [1.165, 1.54) is 7.11 Å². The average Bonchev–Trinajstić information content (AvgIpc) is 2.62. The van der Waals surface area contributed by atoms with E-state index in [1.54, 1.807) is 14.7 Å². The van der Waals surface area contributed by atoms with Gasteiger partial charge in [-0.2, -0.15) is 0 Å². The molecule has 0 aromatic carbocycles. The molecule has 0 radical (unpaired) electrons. The van der Waals surface area contributed by atoms with Gasteiger partial charge in [0.25, 0.3) is 0 Å². The quantitative estimate of drug-likeness (QED) is 0.172. The van der Waals surface area contributed by atoms with Gasteiger partial charge >= 0.3 is 17.9 Å². The number of carboxylic acid groups (broad SMARTS) is 3. The molecule has 1 aliphatic heterocycles. The van der Waals surface area contributed by atoms with E-state index in [1.807, 2.05) is 4.90 Å². The van der Waals surface area contributed by atoms with Gasteiger partial charge in [-0.1, -0.05) is 0 Å². The van der Waals surface area contributed by atoms with Crippen LogP contribution in [0.3, 0.4) is 0 Å². The number of aliphatic hydroxyl groups is 1. The maximum atomic E-state index is 11.2. The van der Waals surface area contributed by atoms with E-state index < -0.39 is 24.0 Å². The fourth-order valence-corrected chi connectivity index (χ4v) is 3.35. The topological polar surface area (TPSA) is 154 Å². The molecule has 0 aromatic rings.